The number of nitrogens with one attached hydrogen (secondary N) is 1. The molecule has 20 heavy (non-hydrogen) atoms. The van der Waals surface area contributed by atoms with Gasteiger partial charge in [0.2, 0.25) is 0 Å². The summed E-state index contributed by atoms with van der Waals surface area (Å²) in [5.41, 5.74) is 10.7. The number of benzene rings is 2. The van der Waals surface area contributed by atoms with Crippen molar-refractivity contribution in [3.05, 3.63) is 58.7 Å². The second kappa shape index (κ2) is 5.13. The van der Waals surface area contributed by atoms with Crippen LogP contribution in [0.3, 0.4) is 0 Å². The highest BCUT2D eigenvalue weighted by molar-refractivity contribution is 9.10. The van der Waals surface area contributed by atoms with Gasteiger partial charge in [-0.15, -0.1) is 0 Å². The zero-order chi connectivity index (χ0) is 14.1. The highest BCUT2D eigenvalue weighted by atomic mass is 79.9. The number of hydrogen-bond donors (Lipinski definition) is 2. The Morgan fingerprint density at radius 3 is 2.80 bits per heavy atom. The normalized spacial score (nSPS) is 10.7. The number of rotatable bonds is 2. The fraction of sp³-hybridized carbons (Fsp3) is 0.0625. The highest BCUT2D eigenvalue weighted by Gasteiger charge is 2.05. The van der Waals surface area contributed by atoms with Crippen LogP contribution < -0.4 is 11.1 Å². The molecule has 2 aromatic carbocycles. The number of pyridine rings is 1. The summed E-state index contributed by atoms with van der Waals surface area (Å²) in [5.74, 6) is 0. The van der Waals surface area contributed by atoms with E-state index < -0.39 is 0 Å². The second-order valence-electron chi connectivity index (χ2n) is 4.69. The Bertz CT molecular complexity index is 784. The maximum atomic E-state index is 5.96. The molecular weight excluding hydrogens is 314 g/mol. The van der Waals surface area contributed by atoms with Crippen LogP contribution in [0.2, 0.25) is 0 Å². The minimum atomic E-state index is 0.691. The van der Waals surface area contributed by atoms with Crippen molar-refractivity contribution in [3.8, 4) is 0 Å². The molecule has 3 aromatic rings. The molecule has 0 amide bonds. The minimum absolute atomic E-state index is 0.691. The van der Waals surface area contributed by atoms with Crippen molar-refractivity contribution in [2.45, 2.75) is 6.92 Å². The molecule has 0 bridgehead atoms. The monoisotopic (exact) mass is 327 g/mol. The summed E-state index contributed by atoms with van der Waals surface area (Å²) in [7, 11) is 0. The summed E-state index contributed by atoms with van der Waals surface area (Å²) in [6.07, 6.45) is 1.75. The Balaban J connectivity index is 2.06. The molecule has 0 saturated carbocycles. The van der Waals surface area contributed by atoms with Crippen molar-refractivity contribution in [1.82, 2.24) is 4.98 Å². The summed E-state index contributed by atoms with van der Waals surface area (Å²) >= 11 is 3.55. The fourth-order valence-corrected chi connectivity index (χ4v) is 2.51. The van der Waals surface area contributed by atoms with Crippen LogP contribution in [0.5, 0.6) is 0 Å². The van der Waals surface area contributed by atoms with Crippen LogP contribution in [0.25, 0.3) is 10.9 Å². The van der Waals surface area contributed by atoms with Crippen LogP contribution in [0.1, 0.15) is 5.56 Å². The van der Waals surface area contributed by atoms with E-state index in [0.717, 1.165) is 26.8 Å². The van der Waals surface area contributed by atoms with Gasteiger partial charge < -0.3 is 11.1 Å². The number of nitrogens with zero attached hydrogens (tertiary/aromatic N) is 1. The minimum Gasteiger partial charge on any atom is -0.397 e. The quantitative estimate of drug-likeness (QED) is 0.674. The predicted octanol–water partition coefficient (Wildman–Crippen LogP) is 4.63. The largest absolute Gasteiger partial charge is 0.397 e. The Labute approximate surface area is 126 Å². The third-order valence-corrected chi connectivity index (χ3v) is 4.11. The maximum absolute atomic E-state index is 5.96. The molecule has 3 nitrogen and oxygen atoms in total. The number of aryl methyl sites for hydroxylation is 1. The van der Waals surface area contributed by atoms with Crippen LogP contribution in [-0.2, 0) is 0 Å². The molecule has 1 aromatic heterocycles. The molecule has 0 unspecified atom stereocenters. The Hall–Kier alpha value is -2.07. The number of fused-ring (bicyclic) bond motifs is 1. The molecule has 4 heteroatoms. The number of anilines is 3. The first kappa shape index (κ1) is 12.9. The van der Waals surface area contributed by atoms with Crippen molar-refractivity contribution in [3.63, 3.8) is 0 Å². The molecule has 0 saturated heterocycles. The van der Waals surface area contributed by atoms with Gasteiger partial charge in [-0.3, -0.25) is 4.98 Å². The molecule has 0 aliphatic heterocycles. The van der Waals surface area contributed by atoms with Gasteiger partial charge in [-0.25, -0.2) is 0 Å². The smallest absolute Gasteiger partial charge is 0.0951 e. The van der Waals surface area contributed by atoms with Crippen molar-refractivity contribution in [1.29, 1.82) is 0 Å². The van der Waals surface area contributed by atoms with Crippen LogP contribution in [0, 0.1) is 6.92 Å². The maximum Gasteiger partial charge on any atom is 0.0951 e. The Kier molecular flexibility index (Phi) is 3.32. The van der Waals surface area contributed by atoms with E-state index in [1.165, 1.54) is 5.56 Å². The molecule has 0 aliphatic carbocycles. The average Bonchev–Trinajstić information content (AvgIpc) is 2.46. The standard InChI is InChI=1S/C16H14BrN3/c1-10-4-5-11(9-13(10)17)20-15-7-6-14(18)16-12(15)3-2-8-19-16/h2-9,20H,18H2,1H3. The number of nitrogen functional groups attached to an aromatic ring is 1. The molecule has 0 atom stereocenters. The average molecular weight is 328 g/mol. The first-order valence-electron chi connectivity index (χ1n) is 6.31. The molecule has 1 heterocycles. The summed E-state index contributed by atoms with van der Waals surface area (Å²) in [6, 6.07) is 14.0. The lowest BCUT2D eigenvalue weighted by atomic mass is 10.1. The molecule has 0 aliphatic rings. The van der Waals surface area contributed by atoms with Gasteiger partial charge in [0.15, 0.2) is 0 Å². The van der Waals surface area contributed by atoms with Gasteiger partial charge in [-0.2, -0.15) is 0 Å². The zero-order valence-corrected chi connectivity index (χ0v) is 12.6. The third kappa shape index (κ3) is 2.34. The SMILES string of the molecule is Cc1ccc(Nc2ccc(N)c3ncccc23)cc1Br. The Morgan fingerprint density at radius 2 is 2.00 bits per heavy atom. The van der Waals surface area contributed by atoms with Gasteiger partial charge in [0.25, 0.3) is 0 Å². The van der Waals surface area contributed by atoms with Gasteiger partial charge in [0, 0.05) is 27.4 Å². The van der Waals surface area contributed by atoms with Crippen molar-refractivity contribution >= 4 is 43.9 Å². The van der Waals surface area contributed by atoms with Crippen LogP contribution in [-0.4, -0.2) is 4.98 Å². The van der Waals surface area contributed by atoms with E-state index in [-0.39, 0.29) is 0 Å². The van der Waals surface area contributed by atoms with Crippen molar-refractivity contribution in [2.24, 2.45) is 0 Å². The Morgan fingerprint density at radius 1 is 1.15 bits per heavy atom. The molecule has 3 rings (SSSR count). The van der Waals surface area contributed by atoms with E-state index in [4.69, 9.17) is 5.73 Å². The number of hydrogen-bond acceptors (Lipinski definition) is 3. The summed E-state index contributed by atoms with van der Waals surface area (Å²) in [5, 5.41) is 4.43. The molecule has 0 fully saturated rings. The van der Waals surface area contributed by atoms with Crippen LogP contribution in [0.4, 0.5) is 17.1 Å². The van der Waals surface area contributed by atoms with Crippen LogP contribution >= 0.6 is 15.9 Å². The lowest BCUT2D eigenvalue weighted by Gasteiger charge is -2.11. The first-order valence-corrected chi connectivity index (χ1v) is 7.11. The van der Waals surface area contributed by atoms with E-state index in [1.807, 2.05) is 24.3 Å². The second-order valence-corrected chi connectivity index (χ2v) is 5.55. The van der Waals surface area contributed by atoms with E-state index in [1.54, 1.807) is 6.20 Å². The lowest BCUT2D eigenvalue weighted by Crippen LogP contribution is -1.95. The molecule has 0 spiro atoms. The van der Waals surface area contributed by atoms with Gasteiger partial charge in [-0.05, 0) is 48.9 Å². The van der Waals surface area contributed by atoms with E-state index in [0.29, 0.717) is 5.69 Å². The zero-order valence-electron chi connectivity index (χ0n) is 11.0. The van der Waals surface area contributed by atoms with Gasteiger partial charge in [-0.1, -0.05) is 22.0 Å². The van der Waals surface area contributed by atoms with E-state index in [2.05, 4.69) is 51.4 Å². The molecule has 100 valence electrons. The highest BCUT2D eigenvalue weighted by Crippen LogP contribution is 2.30. The third-order valence-electron chi connectivity index (χ3n) is 3.25. The lowest BCUT2D eigenvalue weighted by molar-refractivity contribution is 1.40. The number of aromatic nitrogens is 1. The predicted molar refractivity (Wildman–Crippen MR) is 88.3 cm³/mol. The first-order chi connectivity index (χ1) is 9.65. The number of halogens is 1. The fourth-order valence-electron chi connectivity index (χ4n) is 2.13. The van der Waals surface area contributed by atoms with E-state index in [9.17, 15) is 0 Å². The van der Waals surface area contributed by atoms with Gasteiger partial charge >= 0.3 is 0 Å². The molecule has 0 radical (unpaired) electrons. The topological polar surface area (TPSA) is 50.9 Å². The van der Waals surface area contributed by atoms with E-state index >= 15 is 0 Å². The summed E-state index contributed by atoms with van der Waals surface area (Å²) in [4.78, 5) is 4.34. The summed E-state index contributed by atoms with van der Waals surface area (Å²) < 4.78 is 1.08. The van der Waals surface area contributed by atoms with Crippen LogP contribution in [0.15, 0.2) is 53.1 Å². The van der Waals surface area contributed by atoms with Gasteiger partial charge in [0.05, 0.1) is 11.2 Å². The van der Waals surface area contributed by atoms with Crippen molar-refractivity contribution < 1.29 is 0 Å². The molecular formula is C16H14BrN3. The van der Waals surface area contributed by atoms with Gasteiger partial charge in [0.1, 0.15) is 0 Å². The molecule has 3 N–H and O–H groups in total. The summed E-state index contributed by atoms with van der Waals surface area (Å²) in [6.45, 7) is 2.07. The van der Waals surface area contributed by atoms with Crippen molar-refractivity contribution in [2.75, 3.05) is 11.1 Å². The number of nitrogens with two attached hydrogens (primary N) is 1.